The maximum atomic E-state index is 5.49. The summed E-state index contributed by atoms with van der Waals surface area (Å²) in [6, 6.07) is 12.0. The smallest absolute Gasteiger partial charge is 0.129 e. The fourth-order valence-electron chi connectivity index (χ4n) is 1.58. The molecule has 94 valence electrons. The van der Waals surface area contributed by atoms with Gasteiger partial charge in [-0.15, -0.1) is 0 Å². The maximum absolute atomic E-state index is 5.49. The molecule has 2 rings (SSSR count). The molecule has 0 aliphatic rings. The molecule has 0 bridgehead atoms. The Kier molecular flexibility index (Phi) is 4.76. The topological polar surface area (TPSA) is 48.4 Å². The van der Waals surface area contributed by atoms with Crippen LogP contribution in [0.25, 0.3) is 6.08 Å². The van der Waals surface area contributed by atoms with E-state index in [2.05, 4.69) is 12.1 Å². The number of furan rings is 1. The Bertz CT molecular complexity index is 488. The summed E-state index contributed by atoms with van der Waals surface area (Å²) in [6.07, 6.45) is 5.69. The minimum absolute atomic E-state index is 0.471. The van der Waals surface area contributed by atoms with Gasteiger partial charge in [-0.05, 0) is 11.6 Å². The fraction of sp³-hybridized carbons (Fsp3) is 0.200. The Morgan fingerprint density at radius 3 is 2.78 bits per heavy atom. The number of hydrogen-bond acceptors (Lipinski definition) is 3. The normalized spacial score (nSPS) is 11.2. The van der Waals surface area contributed by atoms with E-state index in [1.54, 1.807) is 6.26 Å². The van der Waals surface area contributed by atoms with Crippen molar-refractivity contribution in [3.05, 3.63) is 65.6 Å². The van der Waals surface area contributed by atoms with Gasteiger partial charge < -0.3 is 14.9 Å². The van der Waals surface area contributed by atoms with Crippen molar-refractivity contribution in [2.75, 3.05) is 6.61 Å². The van der Waals surface area contributed by atoms with Crippen LogP contribution in [-0.4, -0.2) is 6.61 Å². The van der Waals surface area contributed by atoms with Crippen molar-refractivity contribution in [3.63, 3.8) is 0 Å². The van der Waals surface area contributed by atoms with Gasteiger partial charge in [-0.25, -0.2) is 0 Å². The van der Waals surface area contributed by atoms with Crippen LogP contribution >= 0.6 is 0 Å². The fourth-order valence-corrected chi connectivity index (χ4v) is 1.58. The third kappa shape index (κ3) is 3.87. The summed E-state index contributed by atoms with van der Waals surface area (Å²) in [4.78, 5) is 0. The Balaban J connectivity index is 1.71. The molecule has 0 amide bonds. The predicted octanol–water partition coefficient (Wildman–Crippen LogP) is 2.97. The lowest BCUT2D eigenvalue weighted by Gasteiger charge is -1.97. The van der Waals surface area contributed by atoms with Crippen molar-refractivity contribution in [1.29, 1.82) is 0 Å². The first-order chi connectivity index (χ1) is 8.88. The molecule has 18 heavy (non-hydrogen) atoms. The summed E-state index contributed by atoms with van der Waals surface area (Å²) < 4.78 is 10.8. The van der Waals surface area contributed by atoms with Gasteiger partial charge in [0.15, 0.2) is 0 Å². The van der Waals surface area contributed by atoms with Crippen LogP contribution in [0.5, 0.6) is 0 Å². The average Bonchev–Trinajstić information content (AvgIpc) is 2.87. The van der Waals surface area contributed by atoms with Gasteiger partial charge in [0.1, 0.15) is 12.4 Å². The Labute approximate surface area is 107 Å². The molecule has 2 N–H and O–H groups in total. The van der Waals surface area contributed by atoms with E-state index in [1.807, 2.05) is 36.4 Å². The van der Waals surface area contributed by atoms with Crippen LogP contribution in [-0.2, 0) is 17.9 Å². The molecule has 0 saturated carbocycles. The van der Waals surface area contributed by atoms with Crippen molar-refractivity contribution in [2.45, 2.75) is 13.2 Å². The summed E-state index contributed by atoms with van der Waals surface area (Å²) in [5.74, 6) is 0.809. The van der Waals surface area contributed by atoms with Crippen molar-refractivity contribution in [1.82, 2.24) is 0 Å². The highest BCUT2D eigenvalue weighted by molar-refractivity contribution is 5.48. The number of benzene rings is 1. The molecule has 2 aromatic rings. The molecular weight excluding hydrogens is 226 g/mol. The molecule has 0 saturated heterocycles. The molecule has 1 heterocycles. The third-order valence-electron chi connectivity index (χ3n) is 2.51. The van der Waals surface area contributed by atoms with Crippen molar-refractivity contribution in [3.8, 4) is 0 Å². The van der Waals surface area contributed by atoms with E-state index < -0.39 is 0 Å². The molecule has 0 spiro atoms. The lowest BCUT2D eigenvalue weighted by atomic mass is 10.2. The van der Waals surface area contributed by atoms with Gasteiger partial charge in [0.05, 0.1) is 12.9 Å². The molecular formula is C15H17NO2. The van der Waals surface area contributed by atoms with E-state index in [9.17, 15) is 0 Å². The number of ether oxygens (including phenoxy) is 1. The lowest BCUT2D eigenvalue weighted by molar-refractivity contribution is 0.132. The standard InChI is InChI=1S/C15H17NO2/c16-10-14-9-15(18-11-14)12-17-8-4-7-13-5-2-1-3-6-13/h1-7,9,11H,8,10,12,16H2. The molecule has 0 atom stereocenters. The van der Waals surface area contributed by atoms with E-state index in [0.717, 1.165) is 11.3 Å². The SMILES string of the molecule is NCc1coc(COCC=Cc2ccccc2)c1. The zero-order valence-corrected chi connectivity index (χ0v) is 10.2. The van der Waals surface area contributed by atoms with Crippen LogP contribution in [0, 0.1) is 0 Å². The van der Waals surface area contributed by atoms with Crippen molar-refractivity contribution < 1.29 is 9.15 Å². The lowest BCUT2D eigenvalue weighted by Crippen LogP contribution is -1.94. The van der Waals surface area contributed by atoms with Gasteiger partial charge >= 0.3 is 0 Å². The highest BCUT2D eigenvalue weighted by atomic mass is 16.5. The zero-order valence-electron chi connectivity index (χ0n) is 10.2. The minimum atomic E-state index is 0.471. The molecule has 0 radical (unpaired) electrons. The molecule has 3 heteroatoms. The summed E-state index contributed by atoms with van der Waals surface area (Å²) in [5, 5.41) is 0. The zero-order chi connectivity index (χ0) is 12.6. The van der Waals surface area contributed by atoms with Gasteiger partial charge in [0.2, 0.25) is 0 Å². The van der Waals surface area contributed by atoms with E-state index in [0.29, 0.717) is 19.8 Å². The highest BCUT2D eigenvalue weighted by Gasteiger charge is 1.99. The first kappa shape index (κ1) is 12.6. The first-order valence-corrected chi connectivity index (χ1v) is 5.94. The van der Waals surface area contributed by atoms with E-state index in [1.165, 1.54) is 5.56 Å². The highest BCUT2D eigenvalue weighted by Crippen LogP contribution is 2.08. The second-order valence-corrected chi connectivity index (χ2v) is 3.95. The summed E-state index contributed by atoms with van der Waals surface area (Å²) in [5.41, 5.74) is 7.66. The molecule has 3 nitrogen and oxygen atoms in total. The maximum Gasteiger partial charge on any atom is 0.129 e. The Morgan fingerprint density at radius 1 is 1.22 bits per heavy atom. The van der Waals surface area contributed by atoms with Gasteiger partial charge in [-0.2, -0.15) is 0 Å². The third-order valence-corrected chi connectivity index (χ3v) is 2.51. The quantitative estimate of drug-likeness (QED) is 0.793. The average molecular weight is 243 g/mol. The number of hydrogen-bond donors (Lipinski definition) is 1. The van der Waals surface area contributed by atoms with Gasteiger partial charge in [-0.1, -0.05) is 42.5 Å². The molecule has 0 aliphatic heterocycles. The van der Waals surface area contributed by atoms with E-state index in [4.69, 9.17) is 14.9 Å². The first-order valence-electron chi connectivity index (χ1n) is 5.94. The van der Waals surface area contributed by atoms with Gasteiger partial charge in [-0.3, -0.25) is 0 Å². The van der Waals surface area contributed by atoms with Crippen LogP contribution in [0.15, 0.2) is 53.2 Å². The molecule has 0 fully saturated rings. The van der Waals surface area contributed by atoms with E-state index in [-0.39, 0.29) is 0 Å². The van der Waals surface area contributed by atoms with Gasteiger partial charge in [0, 0.05) is 12.1 Å². The van der Waals surface area contributed by atoms with Gasteiger partial charge in [0.25, 0.3) is 0 Å². The predicted molar refractivity (Wildman–Crippen MR) is 71.7 cm³/mol. The van der Waals surface area contributed by atoms with Crippen LogP contribution in [0.4, 0.5) is 0 Å². The number of rotatable bonds is 6. The van der Waals surface area contributed by atoms with Crippen LogP contribution < -0.4 is 5.73 Å². The molecule has 1 aromatic carbocycles. The molecule has 0 aliphatic carbocycles. The van der Waals surface area contributed by atoms with Crippen LogP contribution in [0.2, 0.25) is 0 Å². The Morgan fingerprint density at radius 2 is 2.06 bits per heavy atom. The van der Waals surface area contributed by atoms with Crippen LogP contribution in [0.1, 0.15) is 16.9 Å². The van der Waals surface area contributed by atoms with Crippen molar-refractivity contribution in [2.24, 2.45) is 5.73 Å². The Hall–Kier alpha value is -1.84. The molecule has 1 aromatic heterocycles. The molecule has 0 unspecified atom stereocenters. The second-order valence-electron chi connectivity index (χ2n) is 3.95. The number of nitrogens with two attached hydrogens (primary N) is 1. The summed E-state index contributed by atoms with van der Waals surface area (Å²) in [6.45, 7) is 1.53. The monoisotopic (exact) mass is 243 g/mol. The van der Waals surface area contributed by atoms with Crippen LogP contribution in [0.3, 0.4) is 0 Å². The van der Waals surface area contributed by atoms with E-state index >= 15 is 0 Å². The summed E-state index contributed by atoms with van der Waals surface area (Å²) >= 11 is 0. The van der Waals surface area contributed by atoms with Crippen molar-refractivity contribution >= 4 is 6.08 Å². The second kappa shape index (κ2) is 6.79. The summed E-state index contributed by atoms with van der Waals surface area (Å²) in [7, 11) is 0. The largest absolute Gasteiger partial charge is 0.467 e. The minimum Gasteiger partial charge on any atom is -0.467 e.